The summed E-state index contributed by atoms with van der Waals surface area (Å²) >= 11 is 0. The molecule has 0 aliphatic carbocycles. The molecule has 1 heterocycles. The first-order valence-electron chi connectivity index (χ1n) is 4.04. The summed E-state index contributed by atoms with van der Waals surface area (Å²) in [5, 5.41) is 0. The molecule has 0 spiro atoms. The second-order valence-corrected chi connectivity index (χ2v) is 2.98. The van der Waals surface area contributed by atoms with Crippen molar-refractivity contribution in [3.63, 3.8) is 0 Å². The van der Waals surface area contributed by atoms with E-state index >= 15 is 0 Å². The van der Waals surface area contributed by atoms with Crippen molar-refractivity contribution in [2.24, 2.45) is 5.73 Å². The van der Waals surface area contributed by atoms with Crippen molar-refractivity contribution in [1.29, 1.82) is 0 Å². The minimum atomic E-state index is -0.292. The number of halogens is 1. The lowest BCUT2D eigenvalue weighted by atomic mass is 10.1. The fourth-order valence-corrected chi connectivity index (χ4v) is 0.930. The molecule has 0 aromatic carbocycles. The summed E-state index contributed by atoms with van der Waals surface area (Å²) in [6, 6.07) is 3.29. The van der Waals surface area contributed by atoms with Crippen LogP contribution < -0.4 is 5.73 Å². The van der Waals surface area contributed by atoms with Crippen molar-refractivity contribution in [3.8, 4) is 0 Å². The number of pyridine rings is 1. The van der Waals surface area contributed by atoms with Crippen LogP contribution in [0.25, 0.3) is 0 Å². The Morgan fingerprint density at radius 2 is 2.33 bits per heavy atom. The Hall–Kier alpha value is -0.960. The van der Waals surface area contributed by atoms with Gasteiger partial charge in [-0.3, -0.25) is 4.98 Å². The van der Waals surface area contributed by atoms with Gasteiger partial charge in [0.25, 0.3) is 0 Å². The van der Waals surface area contributed by atoms with E-state index in [1.165, 1.54) is 12.3 Å². The highest BCUT2D eigenvalue weighted by molar-refractivity contribution is 5.05. The Morgan fingerprint density at radius 1 is 1.58 bits per heavy atom. The number of nitrogens with two attached hydrogens (primary N) is 1. The average Bonchev–Trinajstić information content (AvgIpc) is 2.03. The number of nitrogens with zero attached hydrogens (tertiary/aromatic N) is 1. The van der Waals surface area contributed by atoms with Gasteiger partial charge >= 0.3 is 0 Å². The Balaban J connectivity index is 2.48. The summed E-state index contributed by atoms with van der Waals surface area (Å²) < 4.78 is 12.4. The molecule has 0 bridgehead atoms. The molecule has 0 saturated carbocycles. The van der Waals surface area contributed by atoms with Crippen LogP contribution in [0.3, 0.4) is 0 Å². The number of aromatic nitrogens is 1. The third-order valence-corrected chi connectivity index (χ3v) is 1.64. The number of rotatable bonds is 3. The molecule has 0 fully saturated rings. The molecule has 0 aliphatic heterocycles. The zero-order valence-corrected chi connectivity index (χ0v) is 7.13. The Labute approximate surface area is 71.6 Å². The smallest absolute Gasteiger partial charge is 0.141 e. The van der Waals surface area contributed by atoms with Crippen LogP contribution in [0, 0.1) is 5.82 Å². The molecule has 1 aromatic rings. The summed E-state index contributed by atoms with van der Waals surface area (Å²) in [5.41, 5.74) is 6.47. The van der Waals surface area contributed by atoms with Gasteiger partial charge in [-0.05, 0) is 31.9 Å². The van der Waals surface area contributed by atoms with Gasteiger partial charge in [-0.2, -0.15) is 0 Å². The van der Waals surface area contributed by atoms with Crippen LogP contribution in [0.15, 0.2) is 18.3 Å². The number of hydrogen-bond donors (Lipinski definition) is 1. The second kappa shape index (κ2) is 4.16. The predicted octanol–water partition coefficient (Wildman–Crippen LogP) is 1.50. The SMILES string of the molecule is CC(N)CCc1ccc(F)cn1. The third kappa shape index (κ3) is 2.96. The molecular weight excluding hydrogens is 155 g/mol. The minimum Gasteiger partial charge on any atom is -0.328 e. The molecule has 0 saturated heterocycles. The Bertz CT molecular complexity index is 231. The molecule has 1 aromatic heterocycles. The van der Waals surface area contributed by atoms with Crippen molar-refractivity contribution < 1.29 is 4.39 Å². The molecule has 2 nitrogen and oxygen atoms in total. The molecule has 2 N–H and O–H groups in total. The summed E-state index contributed by atoms with van der Waals surface area (Å²) in [4.78, 5) is 3.92. The standard InChI is InChI=1S/C9H13FN2/c1-7(11)2-4-9-5-3-8(10)6-12-9/h3,5-7H,2,4,11H2,1H3. The van der Waals surface area contributed by atoms with E-state index < -0.39 is 0 Å². The van der Waals surface area contributed by atoms with Crippen LogP contribution in [0.1, 0.15) is 19.0 Å². The predicted molar refractivity (Wildman–Crippen MR) is 46.2 cm³/mol. The van der Waals surface area contributed by atoms with E-state index in [0.29, 0.717) is 0 Å². The molecule has 0 amide bonds. The first-order chi connectivity index (χ1) is 5.68. The zero-order valence-electron chi connectivity index (χ0n) is 7.13. The van der Waals surface area contributed by atoms with Crippen LogP contribution in [-0.4, -0.2) is 11.0 Å². The number of hydrogen-bond acceptors (Lipinski definition) is 2. The molecular formula is C9H13FN2. The summed E-state index contributed by atoms with van der Waals surface area (Å²) in [5.74, 6) is -0.292. The maximum atomic E-state index is 12.4. The molecule has 0 radical (unpaired) electrons. The molecule has 3 heteroatoms. The van der Waals surface area contributed by atoms with Gasteiger partial charge in [0.1, 0.15) is 5.82 Å². The van der Waals surface area contributed by atoms with Gasteiger partial charge in [-0.15, -0.1) is 0 Å². The van der Waals surface area contributed by atoms with E-state index in [0.717, 1.165) is 18.5 Å². The van der Waals surface area contributed by atoms with Crippen molar-refractivity contribution >= 4 is 0 Å². The van der Waals surface area contributed by atoms with Gasteiger partial charge < -0.3 is 5.73 Å². The molecule has 1 unspecified atom stereocenters. The van der Waals surface area contributed by atoms with Crippen molar-refractivity contribution in [1.82, 2.24) is 4.98 Å². The zero-order chi connectivity index (χ0) is 8.97. The van der Waals surface area contributed by atoms with Gasteiger partial charge in [0, 0.05) is 11.7 Å². The highest BCUT2D eigenvalue weighted by Crippen LogP contribution is 2.02. The lowest BCUT2D eigenvalue weighted by Gasteiger charge is -2.03. The van der Waals surface area contributed by atoms with Crippen LogP contribution in [0.4, 0.5) is 4.39 Å². The molecule has 1 rings (SSSR count). The van der Waals surface area contributed by atoms with Crippen LogP contribution >= 0.6 is 0 Å². The van der Waals surface area contributed by atoms with E-state index in [-0.39, 0.29) is 11.9 Å². The largest absolute Gasteiger partial charge is 0.328 e. The summed E-state index contributed by atoms with van der Waals surface area (Å²) in [7, 11) is 0. The fourth-order valence-electron chi connectivity index (χ4n) is 0.930. The maximum absolute atomic E-state index is 12.4. The lowest BCUT2D eigenvalue weighted by Crippen LogP contribution is -2.15. The normalized spacial score (nSPS) is 12.9. The van der Waals surface area contributed by atoms with Gasteiger partial charge in [0.15, 0.2) is 0 Å². The van der Waals surface area contributed by atoms with E-state index in [2.05, 4.69) is 4.98 Å². The monoisotopic (exact) mass is 168 g/mol. The lowest BCUT2D eigenvalue weighted by molar-refractivity contribution is 0.614. The van der Waals surface area contributed by atoms with Crippen molar-refractivity contribution in [2.75, 3.05) is 0 Å². The summed E-state index contributed by atoms with van der Waals surface area (Å²) in [6.45, 7) is 1.95. The molecule has 0 aliphatic rings. The van der Waals surface area contributed by atoms with E-state index in [1.807, 2.05) is 6.92 Å². The molecule has 66 valence electrons. The Morgan fingerprint density at radius 3 is 2.83 bits per heavy atom. The Kier molecular flexibility index (Phi) is 3.17. The van der Waals surface area contributed by atoms with Gasteiger partial charge in [0.2, 0.25) is 0 Å². The average molecular weight is 168 g/mol. The second-order valence-electron chi connectivity index (χ2n) is 2.98. The maximum Gasteiger partial charge on any atom is 0.141 e. The topological polar surface area (TPSA) is 38.9 Å². The minimum absolute atomic E-state index is 0.178. The van der Waals surface area contributed by atoms with Crippen LogP contribution in [0.2, 0.25) is 0 Å². The van der Waals surface area contributed by atoms with Gasteiger partial charge in [-0.1, -0.05) is 0 Å². The third-order valence-electron chi connectivity index (χ3n) is 1.64. The van der Waals surface area contributed by atoms with Gasteiger partial charge in [-0.25, -0.2) is 4.39 Å². The fraction of sp³-hybridized carbons (Fsp3) is 0.444. The first kappa shape index (κ1) is 9.13. The summed E-state index contributed by atoms with van der Waals surface area (Å²) in [6.07, 6.45) is 2.94. The van der Waals surface area contributed by atoms with Crippen molar-refractivity contribution in [2.45, 2.75) is 25.8 Å². The van der Waals surface area contributed by atoms with Crippen molar-refractivity contribution in [3.05, 3.63) is 29.8 Å². The van der Waals surface area contributed by atoms with E-state index in [9.17, 15) is 4.39 Å². The first-order valence-corrected chi connectivity index (χ1v) is 4.04. The van der Waals surface area contributed by atoms with E-state index in [4.69, 9.17) is 5.73 Å². The number of aryl methyl sites for hydroxylation is 1. The van der Waals surface area contributed by atoms with Gasteiger partial charge in [0.05, 0.1) is 6.20 Å². The quantitative estimate of drug-likeness (QED) is 0.742. The molecule has 1 atom stereocenters. The molecule has 12 heavy (non-hydrogen) atoms. The van der Waals surface area contributed by atoms with Crippen LogP contribution in [-0.2, 0) is 6.42 Å². The van der Waals surface area contributed by atoms with Crippen LogP contribution in [0.5, 0.6) is 0 Å². The van der Waals surface area contributed by atoms with E-state index in [1.54, 1.807) is 6.07 Å². The highest BCUT2D eigenvalue weighted by atomic mass is 19.1. The highest BCUT2D eigenvalue weighted by Gasteiger charge is 1.97.